The van der Waals surface area contributed by atoms with E-state index >= 15 is 0 Å². The molecule has 28 heavy (non-hydrogen) atoms. The molecule has 0 bridgehead atoms. The molecule has 0 N–H and O–H groups in total. The van der Waals surface area contributed by atoms with Gasteiger partial charge in [-0.3, -0.25) is 9.59 Å². The summed E-state index contributed by atoms with van der Waals surface area (Å²) in [6.07, 6.45) is 6.80. The van der Waals surface area contributed by atoms with Crippen LogP contribution in [0.5, 0.6) is 0 Å². The molecule has 0 aliphatic carbocycles. The normalized spacial score (nSPS) is 10.0. The number of hydrogen-bond acceptors (Lipinski definition) is 2. The molecule has 0 amide bonds. The molecule has 0 saturated carbocycles. The van der Waals surface area contributed by atoms with Crippen LogP contribution in [0.4, 0.5) is 0 Å². The van der Waals surface area contributed by atoms with Crippen LogP contribution in [-0.2, 0) is 4.79 Å². The second kappa shape index (κ2) is 12.8. The number of carbonyl (C=O) groups is 2. The quantitative estimate of drug-likeness (QED) is 0.379. The molecule has 3 aromatic rings. The molecule has 142 valence electrons. The maximum absolute atomic E-state index is 11.7. The predicted molar refractivity (Wildman–Crippen MR) is 119 cm³/mol. The monoisotopic (exact) mass is 370 g/mol. The van der Waals surface area contributed by atoms with Crippen LogP contribution < -0.4 is 0 Å². The van der Waals surface area contributed by atoms with Gasteiger partial charge in [-0.2, -0.15) is 0 Å². The maximum atomic E-state index is 11.7. The average molecular weight is 370 g/mol. The Labute approximate surface area is 167 Å². The highest BCUT2D eigenvalue weighted by molar-refractivity contribution is 6.06. The predicted octanol–water partition coefficient (Wildman–Crippen LogP) is 6.51. The lowest BCUT2D eigenvalue weighted by Crippen LogP contribution is -1.92. The Morgan fingerprint density at radius 1 is 0.607 bits per heavy atom. The van der Waals surface area contributed by atoms with Crippen molar-refractivity contribution in [3.8, 4) is 0 Å². The number of benzene rings is 3. The SMILES string of the molecule is C.CC(=O)C=Cc1ccccc1.O=C(C=Cc1ccccc1)c1ccccc1. The summed E-state index contributed by atoms with van der Waals surface area (Å²) in [6.45, 7) is 1.54. The minimum absolute atomic E-state index is 0. The molecule has 0 heterocycles. The Bertz CT molecular complexity index is 893. The molecule has 0 radical (unpaired) electrons. The summed E-state index contributed by atoms with van der Waals surface area (Å²) in [5, 5.41) is 0. The molecule has 3 aromatic carbocycles. The van der Waals surface area contributed by atoms with E-state index < -0.39 is 0 Å². The Morgan fingerprint density at radius 3 is 1.43 bits per heavy atom. The van der Waals surface area contributed by atoms with Crippen LogP contribution in [0.3, 0.4) is 0 Å². The average Bonchev–Trinajstić information content (AvgIpc) is 2.73. The van der Waals surface area contributed by atoms with Crippen LogP contribution in [0.1, 0.15) is 35.8 Å². The highest BCUT2D eigenvalue weighted by Gasteiger charge is 1.98. The van der Waals surface area contributed by atoms with Gasteiger partial charge in [0.1, 0.15) is 0 Å². The summed E-state index contributed by atoms with van der Waals surface area (Å²) in [5.41, 5.74) is 2.81. The first-order valence-corrected chi connectivity index (χ1v) is 8.71. The summed E-state index contributed by atoms with van der Waals surface area (Å²) in [4.78, 5) is 22.3. The van der Waals surface area contributed by atoms with Crippen molar-refractivity contribution in [1.82, 2.24) is 0 Å². The number of rotatable bonds is 5. The number of allylic oxidation sites excluding steroid dienone is 2. The topological polar surface area (TPSA) is 34.1 Å². The maximum Gasteiger partial charge on any atom is 0.185 e. The lowest BCUT2D eigenvalue weighted by atomic mass is 10.1. The van der Waals surface area contributed by atoms with Gasteiger partial charge in [0.25, 0.3) is 0 Å². The Balaban J connectivity index is 0.000000289. The summed E-state index contributed by atoms with van der Waals surface area (Å²) in [6, 6.07) is 28.8. The van der Waals surface area contributed by atoms with Gasteiger partial charge in [-0.1, -0.05) is 111 Å². The van der Waals surface area contributed by atoms with E-state index in [1.165, 1.54) is 0 Å². The van der Waals surface area contributed by atoms with Crippen molar-refractivity contribution >= 4 is 23.7 Å². The zero-order chi connectivity index (χ0) is 19.3. The number of carbonyl (C=O) groups excluding carboxylic acids is 2. The van der Waals surface area contributed by atoms with E-state index in [1.54, 1.807) is 19.1 Å². The van der Waals surface area contributed by atoms with Crippen LogP contribution in [0.25, 0.3) is 12.2 Å². The standard InChI is InChI=1S/C15H12O.C10H10O.CH4/c16-15(14-9-5-2-6-10-14)12-11-13-7-3-1-4-8-13;1-9(11)7-8-10-5-3-2-4-6-10;/h1-12H;2-8H,1H3;1H4. The van der Waals surface area contributed by atoms with Crippen molar-refractivity contribution < 1.29 is 9.59 Å². The Morgan fingerprint density at radius 2 is 1.00 bits per heavy atom. The molecule has 0 aliphatic rings. The van der Waals surface area contributed by atoms with Crippen LogP contribution >= 0.6 is 0 Å². The number of ketones is 2. The smallest absolute Gasteiger partial charge is 0.185 e. The van der Waals surface area contributed by atoms with Crippen LogP contribution in [0.2, 0.25) is 0 Å². The first kappa shape index (κ1) is 22.5. The molecule has 3 rings (SSSR count). The van der Waals surface area contributed by atoms with Crippen molar-refractivity contribution in [2.45, 2.75) is 14.4 Å². The molecule has 0 fully saturated rings. The van der Waals surface area contributed by atoms with Crippen molar-refractivity contribution in [3.63, 3.8) is 0 Å². The third-order valence-corrected chi connectivity index (χ3v) is 3.60. The van der Waals surface area contributed by atoms with Crippen LogP contribution in [-0.4, -0.2) is 11.6 Å². The van der Waals surface area contributed by atoms with Gasteiger partial charge in [-0.15, -0.1) is 0 Å². The van der Waals surface area contributed by atoms with Gasteiger partial charge in [-0.05, 0) is 30.2 Å². The largest absolute Gasteiger partial charge is 0.295 e. The van der Waals surface area contributed by atoms with E-state index in [0.29, 0.717) is 0 Å². The van der Waals surface area contributed by atoms with E-state index in [1.807, 2.05) is 103 Å². The van der Waals surface area contributed by atoms with Crippen LogP contribution in [0, 0.1) is 0 Å². The number of hydrogen-bond donors (Lipinski definition) is 0. The molecule has 0 aromatic heterocycles. The van der Waals surface area contributed by atoms with E-state index in [9.17, 15) is 9.59 Å². The summed E-state index contributed by atoms with van der Waals surface area (Å²) >= 11 is 0. The van der Waals surface area contributed by atoms with Crippen molar-refractivity contribution in [2.75, 3.05) is 0 Å². The molecule has 0 aliphatic heterocycles. The van der Waals surface area contributed by atoms with E-state index in [4.69, 9.17) is 0 Å². The van der Waals surface area contributed by atoms with Gasteiger partial charge in [0.15, 0.2) is 11.6 Å². The molecular weight excluding hydrogens is 344 g/mol. The van der Waals surface area contributed by atoms with E-state index in [0.717, 1.165) is 16.7 Å². The molecule has 2 nitrogen and oxygen atoms in total. The third-order valence-electron chi connectivity index (χ3n) is 3.60. The molecule has 0 atom stereocenters. The minimum Gasteiger partial charge on any atom is -0.295 e. The summed E-state index contributed by atoms with van der Waals surface area (Å²) < 4.78 is 0. The second-order valence-electron chi connectivity index (χ2n) is 5.83. The summed E-state index contributed by atoms with van der Waals surface area (Å²) in [7, 11) is 0. The van der Waals surface area contributed by atoms with Crippen LogP contribution in [0.15, 0.2) is 103 Å². The van der Waals surface area contributed by atoms with E-state index in [-0.39, 0.29) is 19.0 Å². The van der Waals surface area contributed by atoms with Gasteiger partial charge in [0.2, 0.25) is 0 Å². The first-order chi connectivity index (χ1) is 13.1. The molecule has 0 unspecified atom stereocenters. The fourth-order valence-corrected chi connectivity index (χ4v) is 2.21. The molecule has 2 heteroatoms. The third kappa shape index (κ3) is 8.72. The van der Waals surface area contributed by atoms with Crippen molar-refractivity contribution in [1.29, 1.82) is 0 Å². The molecular formula is C26H26O2. The highest BCUT2D eigenvalue weighted by atomic mass is 16.1. The Hall–Kier alpha value is -3.52. The van der Waals surface area contributed by atoms with Gasteiger partial charge in [-0.25, -0.2) is 0 Å². The fraction of sp³-hybridized carbons (Fsp3) is 0.0769. The van der Waals surface area contributed by atoms with Gasteiger partial charge in [0.05, 0.1) is 0 Å². The van der Waals surface area contributed by atoms with Crippen molar-refractivity contribution in [3.05, 3.63) is 120 Å². The zero-order valence-electron chi connectivity index (χ0n) is 15.3. The fourth-order valence-electron chi connectivity index (χ4n) is 2.21. The Kier molecular flexibility index (Phi) is 10.3. The second-order valence-corrected chi connectivity index (χ2v) is 5.83. The highest BCUT2D eigenvalue weighted by Crippen LogP contribution is 2.05. The van der Waals surface area contributed by atoms with E-state index in [2.05, 4.69) is 0 Å². The minimum atomic E-state index is 0. The molecule has 0 saturated heterocycles. The first-order valence-electron chi connectivity index (χ1n) is 8.71. The lowest BCUT2D eigenvalue weighted by molar-refractivity contribution is -0.112. The van der Waals surface area contributed by atoms with Crippen molar-refractivity contribution in [2.24, 2.45) is 0 Å². The van der Waals surface area contributed by atoms with Gasteiger partial charge >= 0.3 is 0 Å². The van der Waals surface area contributed by atoms with Gasteiger partial charge in [0, 0.05) is 5.56 Å². The summed E-state index contributed by atoms with van der Waals surface area (Å²) in [5.74, 6) is 0.110. The van der Waals surface area contributed by atoms with Gasteiger partial charge < -0.3 is 0 Å². The lowest BCUT2D eigenvalue weighted by Gasteiger charge is -1.94. The molecule has 0 spiro atoms. The zero-order valence-corrected chi connectivity index (χ0v) is 15.3.